The van der Waals surface area contributed by atoms with Crippen molar-refractivity contribution in [2.24, 2.45) is 0 Å². The number of rotatable bonds is 3. The van der Waals surface area contributed by atoms with Crippen LogP contribution in [0, 0.1) is 5.82 Å². The van der Waals surface area contributed by atoms with Crippen LogP contribution in [0.4, 0.5) is 20.6 Å². The van der Waals surface area contributed by atoms with Gasteiger partial charge in [-0.2, -0.15) is 0 Å². The van der Waals surface area contributed by atoms with Crippen LogP contribution in [-0.4, -0.2) is 61.1 Å². The molecular formula is C19H29FN4O. The first kappa shape index (κ1) is 18.0. The van der Waals surface area contributed by atoms with Gasteiger partial charge in [0.1, 0.15) is 5.82 Å². The van der Waals surface area contributed by atoms with Crippen molar-refractivity contribution >= 4 is 17.4 Å². The van der Waals surface area contributed by atoms with E-state index in [-0.39, 0.29) is 17.9 Å². The highest BCUT2D eigenvalue weighted by molar-refractivity contribution is 5.89. The third-order valence-corrected chi connectivity index (χ3v) is 5.44. The SMILES string of the molecule is CC(C)N(C)c1ccc(NC(=O)N2CCCN3CCC[C@H]3C2)cc1F. The van der Waals surface area contributed by atoms with E-state index in [9.17, 15) is 9.18 Å². The number of nitrogens with zero attached hydrogens (tertiary/aromatic N) is 3. The zero-order valence-corrected chi connectivity index (χ0v) is 15.5. The van der Waals surface area contributed by atoms with Crippen LogP contribution in [-0.2, 0) is 0 Å². The first-order valence-corrected chi connectivity index (χ1v) is 9.28. The van der Waals surface area contributed by atoms with Crippen LogP contribution in [0.15, 0.2) is 18.2 Å². The van der Waals surface area contributed by atoms with Gasteiger partial charge in [-0.25, -0.2) is 9.18 Å². The molecule has 0 spiro atoms. The minimum Gasteiger partial charge on any atom is -0.370 e. The molecule has 138 valence electrons. The van der Waals surface area contributed by atoms with E-state index >= 15 is 0 Å². The quantitative estimate of drug-likeness (QED) is 0.910. The molecular weight excluding hydrogens is 319 g/mol. The standard InChI is InChI=1S/C19H29FN4O/c1-14(2)22(3)18-8-7-15(12-17(18)20)21-19(25)24-11-5-10-23-9-4-6-16(23)13-24/h7-8,12,14,16H,4-6,9-11,13H2,1-3H3,(H,21,25)/t16-/m0/s1. The molecule has 6 heteroatoms. The second-order valence-electron chi connectivity index (χ2n) is 7.43. The van der Waals surface area contributed by atoms with Crippen molar-refractivity contribution in [2.45, 2.75) is 45.2 Å². The van der Waals surface area contributed by atoms with Gasteiger partial charge >= 0.3 is 6.03 Å². The van der Waals surface area contributed by atoms with Gasteiger partial charge in [-0.05, 0) is 57.9 Å². The first-order valence-electron chi connectivity index (χ1n) is 9.28. The summed E-state index contributed by atoms with van der Waals surface area (Å²) in [5.74, 6) is -0.313. The molecule has 2 saturated heterocycles. The third kappa shape index (κ3) is 4.06. The molecule has 5 nitrogen and oxygen atoms in total. The van der Waals surface area contributed by atoms with Crippen LogP contribution in [0.2, 0.25) is 0 Å². The Bertz CT molecular complexity index is 621. The minimum atomic E-state index is -0.313. The molecule has 1 aromatic rings. The summed E-state index contributed by atoms with van der Waals surface area (Å²) in [6.07, 6.45) is 3.38. The zero-order valence-electron chi connectivity index (χ0n) is 15.5. The molecule has 0 aromatic heterocycles. The number of fused-ring (bicyclic) bond motifs is 1. The van der Waals surface area contributed by atoms with E-state index in [1.807, 2.05) is 30.7 Å². The summed E-state index contributed by atoms with van der Waals surface area (Å²) in [6, 6.07) is 5.47. The van der Waals surface area contributed by atoms with Crippen LogP contribution >= 0.6 is 0 Å². The van der Waals surface area contributed by atoms with E-state index in [0.29, 0.717) is 17.4 Å². The lowest BCUT2D eigenvalue weighted by Crippen LogP contribution is -2.41. The Morgan fingerprint density at radius 3 is 2.76 bits per heavy atom. The van der Waals surface area contributed by atoms with E-state index in [0.717, 1.165) is 39.0 Å². The zero-order chi connectivity index (χ0) is 18.0. The summed E-state index contributed by atoms with van der Waals surface area (Å²) < 4.78 is 14.4. The number of hydrogen-bond donors (Lipinski definition) is 1. The average Bonchev–Trinajstić information content (AvgIpc) is 2.91. The lowest BCUT2D eigenvalue weighted by Gasteiger charge is -2.26. The molecule has 1 aromatic carbocycles. The molecule has 2 fully saturated rings. The van der Waals surface area contributed by atoms with Crippen molar-refractivity contribution < 1.29 is 9.18 Å². The lowest BCUT2D eigenvalue weighted by molar-refractivity contribution is 0.200. The fourth-order valence-corrected chi connectivity index (χ4v) is 3.74. The van der Waals surface area contributed by atoms with E-state index in [1.165, 1.54) is 12.5 Å². The van der Waals surface area contributed by atoms with E-state index in [4.69, 9.17) is 0 Å². The number of hydrogen-bond acceptors (Lipinski definition) is 3. The minimum absolute atomic E-state index is 0.127. The van der Waals surface area contributed by atoms with Gasteiger partial charge in [0.2, 0.25) is 0 Å². The van der Waals surface area contributed by atoms with Crippen molar-refractivity contribution in [2.75, 3.05) is 43.4 Å². The molecule has 1 N–H and O–H groups in total. The Labute approximate surface area is 149 Å². The summed E-state index contributed by atoms with van der Waals surface area (Å²) in [6.45, 7) is 7.77. The average molecular weight is 348 g/mol. The van der Waals surface area contributed by atoms with Gasteiger partial charge in [0.25, 0.3) is 0 Å². The van der Waals surface area contributed by atoms with Crippen molar-refractivity contribution in [3.8, 4) is 0 Å². The second-order valence-corrected chi connectivity index (χ2v) is 7.43. The van der Waals surface area contributed by atoms with Crippen LogP contribution in [0.3, 0.4) is 0 Å². The molecule has 2 aliphatic heterocycles. The van der Waals surface area contributed by atoms with E-state index in [2.05, 4.69) is 10.2 Å². The molecule has 1 atom stereocenters. The molecule has 0 saturated carbocycles. The van der Waals surface area contributed by atoms with Gasteiger partial charge in [-0.1, -0.05) is 0 Å². The highest BCUT2D eigenvalue weighted by Gasteiger charge is 2.30. The summed E-state index contributed by atoms with van der Waals surface area (Å²) in [5, 5.41) is 2.87. The molecule has 3 rings (SSSR count). The third-order valence-electron chi connectivity index (χ3n) is 5.44. The van der Waals surface area contributed by atoms with E-state index < -0.39 is 0 Å². The fourth-order valence-electron chi connectivity index (χ4n) is 3.74. The topological polar surface area (TPSA) is 38.8 Å². The Hall–Kier alpha value is -1.82. The van der Waals surface area contributed by atoms with Crippen molar-refractivity contribution in [3.63, 3.8) is 0 Å². The van der Waals surface area contributed by atoms with Gasteiger partial charge in [0.05, 0.1) is 5.69 Å². The Morgan fingerprint density at radius 2 is 2.04 bits per heavy atom. The molecule has 0 aliphatic carbocycles. The van der Waals surface area contributed by atoms with Gasteiger partial charge in [0.15, 0.2) is 0 Å². The Balaban J connectivity index is 1.65. The summed E-state index contributed by atoms with van der Waals surface area (Å²) in [4.78, 5) is 18.9. The number of carbonyl (C=O) groups excluding carboxylic acids is 1. The second kappa shape index (κ2) is 7.60. The number of amides is 2. The smallest absolute Gasteiger partial charge is 0.321 e. The molecule has 0 bridgehead atoms. The van der Waals surface area contributed by atoms with Crippen LogP contribution in [0.5, 0.6) is 0 Å². The van der Waals surface area contributed by atoms with Crippen molar-refractivity contribution in [1.82, 2.24) is 9.80 Å². The van der Waals surface area contributed by atoms with Gasteiger partial charge in [-0.15, -0.1) is 0 Å². The molecule has 2 aliphatic rings. The highest BCUT2D eigenvalue weighted by atomic mass is 19.1. The van der Waals surface area contributed by atoms with E-state index in [1.54, 1.807) is 12.1 Å². The monoisotopic (exact) mass is 348 g/mol. The van der Waals surface area contributed by atoms with Crippen LogP contribution in [0.1, 0.15) is 33.1 Å². The number of nitrogens with one attached hydrogen (secondary N) is 1. The molecule has 25 heavy (non-hydrogen) atoms. The summed E-state index contributed by atoms with van der Waals surface area (Å²) in [5.41, 5.74) is 1.06. The summed E-state index contributed by atoms with van der Waals surface area (Å²) in [7, 11) is 1.87. The van der Waals surface area contributed by atoms with Gasteiger partial charge in [-0.3, -0.25) is 4.90 Å². The number of anilines is 2. The first-order chi connectivity index (χ1) is 12.0. The lowest BCUT2D eigenvalue weighted by atomic mass is 10.2. The van der Waals surface area contributed by atoms with Crippen LogP contribution < -0.4 is 10.2 Å². The maximum atomic E-state index is 14.4. The maximum Gasteiger partial charge on any atom is 0.321 e. The van der Waals surface area contributed by atoms with Crippen LogP contribution in [0.25, 0.3) is 0 Å². The molecule has 2 amide bonds. The normalized spacial score (nSPS) is 21.2. The Morgan fingerprint density at radius 1 is 1.28 bits per heavy atom. The summed E-state index contributed by atoms with van der Waals surface area (Å²) >= 11 is 0. The largest absolute Gasteiger partial charge is 0.370 e. The number of carbonyl (C=O) groups is 1. The fraction of sp³-hybridized carbons (Fsp3) is 0.632. The van der Waals surface area contributed by atoms with Crippen molar-refractivity contribution in [3.05, 3.63) is 24.0 Å². The molecule has 0 radical (unpaired) electrons. The highest BCUT2D eigenvalue weighted by Crippen LogP contribution is 2.25. The number of benzene rings is 1. The predicted molar refractivity (Wildman–Crippen MR) is 99.7 cm³/mol. The number of halogens is 1. The number of urea groups is 1. The maximum absolute atomic E-state index is 14.4. The van der Waals surface area contributed by atoms with Gasteiger partial charge < -0.3 is 15.1 Å². The van der Waals surface area contributed by atoms with Gasteiger partial charge in [0, 0.05) is 44.5 Å². The Kier molecular flexibility index (Phi) is 5.47. The van der Waals surface area contributed by atoms with Crippen molar-refractivity contribution in [1.29, 1.82) is 0 Å². The predicted octanol–water partition coefficient (Wildman–Crippen LogP) is 3.37. The molecule has 0 unspecified atom stereocenters. The molecule has 2 heterocycles.